The highest BCUT2D eigenvalue weighted by Crippen LogP contribution is 2.15. The van der Waals surface area contributed by atoms with Crippen LogP contribution in [0.3, 0.4) is 0 Å². The van der Waals surface area contributed by atoms with Gasteiger partial charge in [-0.15, -0.1) is 0 Å². The second-order valence-corrected chi connectivity index (χ2v) is 6.67. The van der Waals surface area contributed by atoms with Gasteiger partial charge < -0.3 is 20.3 Å². The van der Waals surface area contributed by atoms with Crippen molar-refractivity contribution in [3.63, 3.8) is 0 Å². The molecule has 2 N–H and O–H groups in total. The summed E-state index contributed by atoms with van der Waals surface area (Å²) in [5.41, 5.74) is 1.90. The van der Waals surface area contributed by atoms with Gasteiger partial charge >= 0.3 is 6.03 Å². The normalized spacial score (nSPS) is 11.8. The van der Waals surface area contributed by atoms with Crippen molar-refractivity contribution in [1.29, 1.82) is 0 Å². The molecule has 1 rings (SSSR count). The highest BCUT2D eigenvalue weighted by Gasteiger charge is 2.06. The molecule has 0 fully saturated rings. The lowest BCUT2D eigenvalue weighted by Crippen LogP contribution is -2.30. The van der Waals surface area contributed by atoms with Crippen LogP contribution in [0, 0.1) is 5.92 Å². The Labute approximate surface area is 153 Å². The fourth-order valence-corrected chi connectivity index (χ4v) is 2.54. The number of hydrogen-bond acceptors (Lipinski definition) is 3. The van der Waals surface area contributed by atoms with E-state index in [0.717, 1.165) is 24.4 Å². The standard InChI is InChI=1S/C20H35N3O2/c1-5-7-9-17(6-2)16-25-15-8-14-21-20(24)22-18-10-12-19(13-11-18)23(3)4/h10-13,17H,5-9,14-16H2,1-4H3,(H2,21,22,24). The highest BCUT2D eigenvalue weighted by molar-refractivity contribution is 5.89. The molecule has 1 aromatic carbocycles. The van der Waals surface area contributed by atoms with Crippen LogP contribution in [0.1, 0.15) is 46.0 Å². The Morgan fingerprint density at radius 3 is 2.48 bits per heavy atom. The van der Waals surface area contributed by atoms with Crippen LogP contribution < -0.4 is 15.5 Å². The molecule has 0 aliphatic heterocycles. The van der Waals surface area contributed by atoms with Gasteiger partial charge in [-0.3, -0.25) is 0 Å². The van der Waals surface area contributed by atoms with Crippen LogP contribution in [0.25, 0.3) is 0 Å². The summed E-state index contributed by atoms with van der Waals surface area (Å²) >= 11 is 0. The molecule has 0 saturated heterocycles. The Morgan fingerprint density at radius 1 is 1.16 bits per heavy atom. The monoisotopic (exact) mass is 349 g/mol. The Hall–Kier alpha value is -1.75. The quantitative estimate of drug-likeness (QED) is 0.546. The van der Waals surface area contributed by atoms with E-state index in [2.05, 4.69) is 24.5 Å². The number of carbonyl (C=O) groups is 1. The number of unbranched alkanes of at least 4 members (excludes halogenated alkanes) is 1. The third-order valence-electron chi connectivity index (χ3n) is 4.29. The van der Waals surface area contributed by atoms with Gasteiger partial charge in [-0.25, -0.2) is 4.79 Å². The first kappa shape index (κ1) is 21.3. The molecule has 142 valence electrons. The van der Waals surface area contributed by atoms with Crippen molar-refractivity contribution in [3.8, 4) is 0 Å². The van der Waals surface area contributed by atoms with Crippen molar-refractivity contribution in [3.05, 3.63) is 24.3 Å². The second-order valence-electron chi connectivity index (χ2n) is 6.67. The predicted octanol–water partition coefficient (Wildman–Crippen LogP) is 4.50. The van der Waals surface area contributed by atoms with E-state index in [1.807, 2.05) is 43.3 Å². The van der Waals surface area contributed by atoms with Gasteiger partial charge in [0.2, 0.25) is 0 Å². The van der Waals surface area contributed by atoms with E-state index in [1.165, 1.54) is 25.7 Å². The average Bonchev–Trinajstić information content (AvgIpc) is 2.61. The van der Waals surface area contributed by atoms with E-state index < -0.39 is 0 Å². The van der Waals surface area contributed by atoms with Gasteiger partial charge in [0.25, 0.3) is 0 Å². The summed E-state index contributed by atoms with van der Waals surface area (Å²) in [6.07, 6.45) is 5.78. The minimum Gasteiger partial charge on any atom is -0.381 e. The summed E-state index contributed by atoms with van der Waals surface area (Å²) in [6, 6.07) is 7.59. The summed E-state index contributed by atoms with van der Waals surface area (Å²) in [7, 11) is 3.98. The van der Waals surface area contributed by atoms with Crippen LogP contribution in [-0.4, -0.2) is 39.9 Å². The number of ether oxygens (including phenoxy) is 1. The molecule has 5 heteroatoms. The Bertz CT molecular complexity index is 474. The number of nitrogens with zero attached hydrogens (tertiary/aromatic N) is 1. The summed E-state index contributed by atoms with van der Waals surface area (Å²) < 4.78 is 5.74. The molecule has 0 aliphatic rings. The summed E-state index contributed by atoms with van der Waals surface area (Å²) in [5.74, 6) is 0.668. The summed E-state index contributed by atoms with van der Waals surface area (Å²) in [4.78, 5) is 13.9. The predicted molar refractivity (Wildman–Crippen MR) is 107 cm³/mol. The smallest absolute Gasteiger partial charge is 0.319 e. The van der Waals surface area contributed by atoms with Gasteiger partial charge in [0.05, 0.1) is 0 Å². The minimum absolute atomic E-state index is 0.174. The third-order valence-corrected chi connectivity index (χ3v) is 4.29. The first-order chi connectivity index (χ1) is 12.1. The van der Waals surface area contributed by atoms with Gasteiger partial charge in [0.15, 0.2) is 0 Å². The summed E-state index contributed by atoms with van der Waals surface area (Å²) in [5, 5.41) is 5.70. The van der Waals surface area contributed by atoms with Gasteiger partial charge in [-0.2, -0.15) is 0 Å². The molecule has 2 amide bonds. The molecule has 0 bridgehead atoms. The molecular weight excluding hydrogens is 314 g/mol. The number of anilines is 2. The van der Waals surface area contributed by atoms with E-state index in [1.54, 1.807) is 0 Å². The Kier molecular flexibility index (Phi) is 10.7. The van der Waals surface area contributed by atoms with Crippen LogP contribution in [0.4, 0.5) is 16.2 Å². The van der Waals surface area contributed by atoms with E-state index in [0.29, 0.717) is 19.1 Å². The zero-order chi connectivity index (χ0) is 18.5. The third kappa shape index (κ3) is 9.34. The maximum absolute atomic E-state index is 11.9. The number of carbonyl (C=O) groups excluding carboxylic acids is 1. The SMILES string of the molecule is CCCCC(CC)COCCCNC(=O)Nc1ccc(N(C)C)cc1. The molecule has 0 aliphatic carbocycles. The van der Waals surface area contributed by atoms with E-state index in [-0.39, 0.29) is 6.03 Å². The second kappa shape index (κ2) is 12.6. The van der Waals surface area contributed by atoms with Gasteiger partial charge in [-0.1, -0.05) is 33.1 Å². The molecule has 25 heavy (non-hydrogen) atoms. The van der Waals surface area contributed by atoms with Crippen LogP contribution in [0.2, 0.25) is 0 Å². The maximum Gasteiger partial charge on any atom is 0.319 e. The van der Waals surface area contributed by atoms with Crippen LogP contribution in [0.5, 0.6) is 0 Å². The van der Waals surface area contributed by atoms with Crippen LogP contribution in [0.15, 0.2) is 24.3 Å². The van der Waals surface area contributed by atoms with Gasteiger partial charge in [0.1, 0.15) is 0 Å². The van der Waals surface area contributed by atoms with Crippen molar-refractivity contribution in [2.45, 2.75) is 46.0 Å². The number of amides is 2. The molecule has 0 aromatic heterocycles. The number of urea groups is 1. The van der Waals surface area contributed by atoms with E-state index >= 15 is 0 Å². The topological polar surface area (TPSA) is 53.6 Å². The summed E-state index contributed by atoms with van der Waals surface area (Å²) in [6.45, 7) is 6.59. The van der Waals surface area contributed by atoms with Crippen molar-refractivity contribution in [1.82, 2.24) is 5.32 Å². The zero-order valence-corrected chi connectivity index (χ0v) is 16.3. The lowest BCUT2D eigenvalue weighted by atomic mass is 10.0. The average molecular weight is 350 g/mol. The van der Waals surface area contributed by atoms with Crippen molar-refractivity contribution >= 4 is 17.4 Å². The molecular formula is C20H35N3O2. The first-order valence-electron chi connectivity index (χ1n) is 9.46. The Balaban J connectivity index is 2.12. The molecule has 1 unspecified atom stereocenters. The minimum atomic E-state index is -0.174. The fourth-order valence-electron chi connectivity index (χ4n) is 2.54. The number of rotatable bonds is 12. The molecule has 0 heterocycles. The number of benzene rings is 1. The fraction of sp³-hybridized carbons (Fsp3) is 0.650. The molecule has 1 atom stereocenters. The molecule has 1 aromatic rings. The first-order valence-corrected chi connectivity index (χ1v) is 9.46. The zero-order valence-electron chi connectivity index (χ0n) is 16.3. The maximum atomic E-state index is 11.9. The van der Waals surface area contributed by atoms with Crippen molar-refractivity contribution in [2.24, 2.45) is 5.92 Å². The molecule has 0 saturated carbocycles. The van der Waals surface area contributed by atoms with Gasteiger partial charge in [-0.05, 0) is 43.0 Å². The lowest BCUT2D eigenvalue weighted by molar-refractivity contribution is 0.0925. The molecule has 0 radical (unpaired) electrons. The van der Waals surface area contributed by atoms with Crippen LogP contribution >= 0.6 is 0 Å². The Morgan fingerprint density at radius 2 is 1.88 bits per heavy atom. The van der Waals surface area contributed by atoms with E-state index in [9.17, 15) is 4.79 Å². The molecule has 5 nitrogen and oxygen atoms in total. The largest absolute Gasteiger partial charge is 0.381 e. The van der Waals surface area contributed by atoms with Crippen molar-refractivity contribution < 1.29 is 9.53 Å². The van der Waals surface area contributed by atoms with Crippen molar-refractivity contribution in [2.75, 3.05) is 44.1 Å². The van der Waals surface area contributed by atoms with Gasteiger partial charge in [0, 0.05) is 45.2 Å². The highest BCUT2D eigenvalue weighted by atomic mass is 16.5. The van der Waals surface area contributed by atoms with Crippen LogP contribution in [-0.2, 0) is 4.74 Å². The number of hydrogen-bond donors (Lipinski definition) is 2. The van der Waals surface area contributed by atoms with E-state index in [4.69, 9.17) is 4.74 Å². The number of nitrogens with one attached hydrogen (secondary N) is 2. The molecule has 0 spiro atoms. The lowest BCUT2D eigenvalue weighted by Gasteiger charge is -2.15.